The molecule has 0 rings (SSSR count). The molecule has 0 aliphatic heterocycles. The first-order valence-electron chi connectivity index (χ1n) is 7.60. The smallest absolute Gasteiger partial charge is 0.306 e. The van der Waals surface area contributed by atoms with Crippen LogP contribution in [-0.2, 0) is 9.53 Å². The van der Waals surface area contributed by atoms with Gasteiger partial charge in [0.05, 0.1) is 6.10 Å². The van der Waals surface area contributed by atoms with Crippen LogP contribution >= 0.6 is 0 Å². The van der Waals surface area contributed by atoms with Crippen LogP contribution in [-0.4, -0.2) is 18.6 Å². The van der Waals surface area contributed by atoms with Crippen molar-refractivity contribution in [3.05, 3.63) is 0 Å². The largest absolute Gasteiger partial charge is 0.463 e. The summed E-state index contributed by atoms with van der Waals surface area (Å²) in [5.74, 6) is -0.0481. The van der Waals surface area contributed by atoms with E-state index in [9.17, 15) is 4.79 Å². The fourth-order valence-electron chi connectivity index (χ4n) is 1.97. The lowest BCUT2D eigenvalue weighted by Crippen LogP contribution is -2.14. The van der Waals surface area contributed by atoms with E-state index >= 15 is 0 Å². The van der Waals surface area contributed by atoms with Gasteiger partial charge < -0.3 is 10.5 Å². The Hall–Kier alpha value is -0.570. The minimum atomic E-state index is -0.0481. The van der Waals surface area contributed by atoms with E-state index in [1.807, 2.05) is 6.92 Å². The summed E-state index contributed by atoms with van der Waals surface area (Å²) in [6, 6.07) is 0. The predicted molar refractivity (Wildman–Crippen MR) is 76.5 cm³/mol. The molecule has 0 radical (unpaired) electrons. The highest BCUT2D eigenvalue weighted by Gasteiger charge is 2.08. The number of rotatable bonds is 12. The molecule has 0 aliphatic carbocycles. The normalized spacial score (nSPS) is 12.4. The molecule has 0 aromatic heterocycles. The molecule has 108 valence electrons. The van der Waals surface area contributed by atoms with E-state index in [0.717, 1.165) is 25.7 Å². The molecule has 3 heteroatoms. The molecule has 0 fully saturated rings. The van der Waals surface area contributed by atoms with Gasteiger partial charge in [-0.3, -0.25) is 4.79 Å². The first-order chi connectivity index (χ1) is 8.70. The second-order valence-corrected chi connectivity index (χ2v) is 5.10. The topological polar surface area (TPSA) is 52.3 Å². The minimum absolute atomic E-state index is 0.0481. The molecule has 2 N–H and O–H groups in total. The monoisotopic (exact) mass is 257 g/mol. The van der Waals surface area contributed by atoms with Gasteiger partial charge >= 0.3 is 5.97 Å². The third-order valence-electron chi connectivity index (χ3n) is 3.13. The molecular weight excluding hydrogens is 226 g/mol. The summed E-state index contributed by atoms with van der Waals surface area (Å²) in [6.45, 7) is 4.93. The zero-order valence-electron chi connectivity index (χ0n) is 12.2. The zero-order valence-corrected chi connectivity index (χ0v) is 12.2. The number of carbonyl (C=O) groups excluding carboxylic acids is 1. The lowest BCUT2D eigenvalue weighted by Gasteiger charge is -2.13. The standard InChI is InChI=1S/C15H31NO2/c1-3-4-5-6-8-11-14(2)18-15(17)12-9-7-10-13-16/h14H,3-13,16H2,1-2H3. The molecule has 0 aromatic carbocycles. The molecule has 0 heterocycles. The highest BCUT2D eigenvalue weighted by Crippen LogP contribution is 2.10. The highest BCUT2D eigenvalue weighted by molar-refractivity contribution is 5.69. The Morgan fingerprint density at radius 3 is 2.39 bits per heavy atom. The predicted octanol–water partition coefficient (Wildman–Crippen LogP) is 3.80. The van der Waals surface area contributed by atoms with Crippen molar-refractivity contribution in [2.24, 2.45) is 5.73 Å². The molecule has 0 spiro atoms. The summed E-state index contributed by atoms with van der Waals surface area (Å²) in [7, 11) is 0. The second-order valence-electron chi connectivity index (χ2n) is 5.10. The molecule has 0 saturated heterocycles. The Bertz CT molecular complexity index is 195. The van der Waals surface area contributed by atoms with Gasteiger partial charge in [0, 0.05) is 6.42 Å². The second kappa shape index (κ2) is 12.9. The van der Waals surface area contributed by atoms with E-state index in [2.05, 4.69) is 6.92 Å². The van der Waals surface area contributed by atoms with Gasteiger partial charge in [-0.1, -0.05) is 39.0 Å². The van der Waals surface area contributed by atoms with Crippen molar-refractivity contribution >= 4 is 5.97 Å². The number of carbonyl (C=O) groups is 1. The van der Waals surface area contributed by atoms with Gasteiger partial charge in [0.25, 0.3) is 0 Å². The lowest BCUT2D eigenvalue weighted by molar-refractivity contribution is -0.148. The summed E-state index contributed by atoms with van der Waals surface area (Å²) in [6.07, 6.45) is 10.9. The van der Waals surface area contributed by atoms with Crippen molar-refractivity contribution in [3.63, 3.8) is 0 Å². The van der Waals surface area contributed by atoms with E-state index in [4.69, 9.17) is 10.5 Å². The Balaban J connectivity index is 3.37. The molecule has 0 aromatic rings. The Kier molecular flexibility index (Phi) is 12.5. The lowest BCUT2D eigenvalue weighted by atomic mass is 10.1. The van der Waals surface area contributed by atoms with Crippen LogP contribution in [0.5, 0.6) is 0 Å². The van der Waals surface area contributed by atoms with E-state index in [0.29, 0.717) is 13.0 Å². The van der Waals surface area contributed by atoms with Gasteiger partial charge in [-0.2, -0.15) is 0 Å². The molecule has 3 nitrogen and oxygen atoms in total. The number of unbranched alkanes of at least 4 members (excludes halogenated alkanes) is 6. The maximum absolute atomic E-state index is 11.5. The van der Waals surface area contributed by atoms with Crippen molar-refractivity contribution in [2.75, 3.05) is 6.54 Å². The molecule has 0 amide bonds. The van der Waals surface area contributed by atoms with E-state index < -0.39 is 0 Å². The summed E-state index contributed by atoms with van der Waals surface area (Å²) in [5.41, 5.74) is 5.40. The maximum Gasteiger partial charge on any atom is 0.306 e. The third-order valence-corrected chi connectivity index (χ3v) is 3.13. The number of nitrogens with two attached hydrogens (primary N) is 1. The van der Waals surface area contributed by atoms with Crippen molar-refractivity contribution in [3.8, 4) is 0 Å². The van der Waals surface area contributed by atoms with Crippen molar-refractivity contribution in [1.82, 2.24) is 0 Å². The summed E-state index contributed by atoms with van der Waals surface area (Å²) >= 11 is 0. The third kappa shape index (κ3) is 11.9. The fourth-order valence-corrected chi connectivity index (χ4v) is 1.97. The molecule has 0 saturated carbocycles. The van der Waals surface area contributed by atoms with Gasteiger partial charge in [0.15, 0.2) is 0 Å². The Labute approximate surface area is 112 Å². The number of hydrogen-bond donors (Lipinski definition) is 1. The van der Waals surface area contributed by atoms with Crippen LogP contribution in [0.4, 0.5) is 0 Å². The van der Waals surface area contributed by atoms with E-state index in [-0.39, 0.29) is 12.1 Å². The number of ether oxygens (including phenoxy) is 1. The van der Waals surface area contributed by atoms with Crippen LogP contribution in [0.25, 0.3) is 0 Å². The van der Waals surface area contributed by atoms with E-state index in [1.54, 1.807) is 0 Å². The zero-order chi connectivity index (χ0) is 13.6. The minimum Gasteiger partial charge on any atom is -0.463 e. The number of hydrogen-bond acceptors (Lipinski definition) is 3. The van der Waals surface area contributed by atoms with Crippen LogP contribution in [0, 0.1) is 0 Å². The SMILES string of the molecule is CCCCCCCC(C)OC(=O)CCCCCN. The van der Waals surface area contributed by atoms with Gasteiger partial charge in [-0.15, -0.1) is 0 Å². The average molecular weight is 257 g/mol. The highest BCUT2D eigenvalue weighted by atomic mass is 16.5. The molecule has 1 unspecified atom stereocenters. The summed E-state index contributed by atoms with van der Waals surface area (Å²) in [5, 5.41) is 0. The number of esters is 1. The van der Waals surface area contributed by atoms with Crippen LogP contribution in [0.1, 0.15) is 78.1 Å². The van der Waals surface area contributed by atoms with Gasteiger partial charge in [-0.05, 0) is 39.2 Å². The molecule has 18 heavy (non-hydrogen) atoms. The van der Waals surface area contributed by atoms with Gasteiger partial charge in [0.2, 0.25) is 0 Å². The van der Waals surface area contributed by atoms with Crippen molar-refractivity contribution in [2.45, 2.75) is 84.2 Å². The first kappa shape index (κ1) is 17.4. The molecule has 1 atom stereocenters. The Morgan fingerprint density at radius 2 is 1.72 bits per heavy atom. The average Bonchev–Trinajstić information content (AvgIpc) is 2.34. The van der Waals surface area contributed by atoms with Crippen LogP contribution in [0.15, 0.2) is 0 Å². The Morgan fingerprint density at radius 1 is 1.06 bits per heavy atom. The quantitative estimate of drug-likeness (QED) is 0.427. The van der Waals surface area contributed by atoms with Crippen molar-refractivity contribution < 1.29 is 9.53 Å². The van der Waals surface area contributed by atoms with Gasteiger partial charge in [-0.25, -0.2) is 0 Å². The van der Waals surface area contributed by atoms with E-state index in [1.165, 1.54) is 32.1 Å². The molecule has 0 aliphatic rings. The van der Waals surface area contributed by atoms with Crippen LogP contribution in [0.2, 0.25) is 0 Å². The van der Waals surface area contributed by atoms with Gasteiger partial charge in [0.1, 0.15) is 0 Å². The van der Waals surface area contributed by atoms with Crippen molar-refractivity contribution in [1.29, 1.82) is 0 Å². The molecule has 0 bridgehead atoms. The first-order valence-corrected chi connectivity index (χ1v) is 7.60. The fraction of sp³-hybridized carbons (Fsp3) is 0.933. The van der Waals surface area contributed by atoms with Crippen LogP contribution < -0.4 is 5.73 Å². The summed E-state index contributed by atoms with van der Waals surface area (Å²) in [4.78, 5) is 11.5. The van der Waals surface area contributed by atoms with Crippen LogP contribution in [0.3, 0.4) is 0 Å². The summed E-state index contributed by atoms with van der Waals surface area (Å²) < 4.78 is 5.37. The maximum atomic E-state index is 11.5. The molecular formula is C15H31NO2.